The number of aromatic amines is 1. The van der Waals surface area contributed by atoms with E-state index in [-0.39, 0.29) is 16.9 Å². The number of benzene rings is 2. The molecule has 0 saturated carbocycles. The van der Waals surface area contributed by atoms with Crippen molar-refractivity contribution in [1.82, 2.24) is 14.8 Å². The summed E-state index contributed by atoms with van der Waals surface area (Å²) in [7, 11) is 0. The summed E-state index contributed by atoms with van der Waals surface area (Å²) in [6.07, 6.45) is 1.42. The van der Waals surface area contributed by atoms with E-state index in [0.29, 0.717) is 16.3 Å². The Morgan fingerprint density at radius 2 is 1.91 bits per heavy atom. The molecular weight excluding hydrogens is 281 g/mol. The van der Waals surface area contributed by atoms with Crippen LogP contribution in [0.2, 0.25) is 0 Å². The Bertz CT molecular complexity index is 1060. The van der Waals surface area contributed by atoms with E-state index < -0.39 is 0 Å². The van der Waals surface area contributed by atoms with Crippen molar-refractivity contribution < 1.29 is 4.39 Å². The zero-order valence-corrected chi connectivity index (χ0v) is 11.8. The van der Waals surface area contributed by atoms with Gasteiger partial charge in [-0.15, -0.1) is 0 Å². The average molecular weight is 293 g/mol. The van der Waals surface area contributed by atoms with Gasteiger partial charge in [0.2, 0.25) is 0 Å². The van der Waals surface area contributed by atoms with Crippen molar-refractivity contribution in [2.24, 2.45) is 0 Å². The Hall–Kier alpha value is -2.95. The lowest BCUT2D eigenvalue weighted by Gasteiger charge is -2.02. The highest BCUT2D eigenvalue weighted by Gasteiger charge is 2.14. The zero-order chi connectivity index (χ0) is 15.3. The van der Waals surface area contributed by atoms with Crippen LogP contribution in [0.25, 0.3) is 27.5 Å². The summed E-state index contributed by atoms with van der Waals surface area (Å²) in [5.41, 5.74) is 2.18. The van der Waals surface area contributed by atoms with Crippen LogP contribution in [0.15, 0.2) is 53.5 Å². The van der Waals surface area contributed by atoms with Crippen molar-refractivity contribution in [2.75, 3.05) is 0 Å². The van der Waals surface area contributed by atoms with E-state index in [1.807, 2.05) is 43.3 Å². The molecule has 0 fully saturated rings. The van der Waals surface area contributed by atoms with Crippen molar-refractivity contribution in [2.45, 2.75) is 6.92 Å². The number of hydrogen-bond acceptors (Lipinski definition) is 2. The SMILES string of the molecule is Cc1cc(F)c2ncc3c(=O)n(-c4ccccc4)[nH]c3c2c1. The number of nitrogens with one attached hydrogen (secondary N) is 1. The first-order valence-electron chi connectivity index (χ1n) is 6.90. The molecule has 2 heterocycles. The van der Waals surface area contributed by atoms with Gasteiger partial charge in [0.05, 0.1) is 16.6 Å². The van der Waals surface area contributed by atoms with Crippen molar-refractivity contribution >= 4 is 21.8 Å². The van der Waals surface area contributed by atoms with Crippen LogP contribution in [0.5, 0.6) is 0 Å². The maximum atomic E-state index is 14.0. The maximum Gasteiger partial charge on any atom is 0.280 e. The number of nitrogens with zero attached hydrogens (tertiary/aromatic N) is 2. The number of aryl methyl sites for hydroxylation is 1. The van der Waals surface area contributed by atoms with Crippen molar-refractivity contribution in [3.05, 3.63) is 70.4 Å². The highest BCUT2D eigenvalue weighted by Crippen LogP contribution is 2.24. The van der Waals surface area contributed by atoms with Gasteiger partial charge in [-0.1, -0.05) is 18.2 Å². The summed E-state index contributed by atoms with van der Waals surface area (Å²) in [6.45, 7) is 1.81. The lowest BCUT2D eigenvalue weighted by Crippen LogP contribution is -2.13. The molecule has 0 atom stereocenters. The smallest absolute Gasteiger partial charge is 0.280 e. The van der Waals surface area contributed by atoms with Gasteiger partial charge in [0.25, 0.3) is 5.56 Å². The molecule has 22 heavy (non-hydrogen) atoms. The topological polar surface area (TPSA) is 50.7 Å². The second kappa shape index (κ2) is 4.53. The number of rotatable bonds is 1. The van der Waals surface area contributed by atoms with Crippen LogP contribution in [-0.2, 0) is 0 Å². The fraction of sp³-hybridized carbons (Fsp3) is 0.0588. The van der Waals surface area contributed by atoms with Crippen LogP contribution in [-0.4, -0.2) is 14.8 Å². The summed E-state index contributed by atoms with van der Waals surface area (Å²) in [4.78, 5) is 16.6. The quantitative estimate of drug-likeness (QED) is 0.585. The van der Waals surface area contributed by atoms with Gasteiger partial charge in [-0.2, -0.15) is 0 Å². The summed E-state index contributed by atoms with van der Waals surface area (Å²) in [6, 6.07) is 12.5. The molecule has 0 saturated heterocycles. The second-order valence-electron chi connectivity index (χ2n) is 5.28. The fourth-order valence-electron chi connectivity index (χ4n) is 2.72. The zero-order valence-electron chi connectivity index (χ0n) is 11.8. The Morgan fingerprint density at radius 3 is 2.68 bits per heavy atom. The molecule has 4 rings (SSSR count). The maximum absolute atomic E-state index is 14.0. The molecule has 0 radical (unpaired) electrons. The summed E-state index contributed by atoms with van der Waals surface area (Å²) < 4.78 is 15.5. The number of aromatic nitrogens is 3. The minimum absolute atomic E-state index is 0.197. The van der Waals surface area contributed by atoms with Gasteiger partial charge in [0, 0.05) is 11.6 Å². The predicted octanol–water partition coefficient (Wildman–Crippen LogP) is 3.31. The third-order valence-electron chi connectivity index (χ3n) is 3.74. The minimum Gasteiger partial charge on any atom is -0.290 e. The minimum atomic E-state index is -0.384. The molecular formula is C17H12FN3O. The van der Waals surface area contributed by atoms with E-state index >= 15 is 0 Å². The van der Waals surface area contributed by atoms with E-state index in [0.717, 1.165) is 11.3 Å². The van der Waals surface area contributed by atoms with Gasteiger partial charge in [-0.3, -0.25) is 14.9 Å². The van der Waals surface area contributed by atoms with Gasteiger partial charge in [0.1, 0.15) is 11.3 Å². The molecule has 0 spiro atoms. The molecule has 0 aliphatic heterocycles. The molecule has 5 heteroatoms. The molecule has 4 nitrogen and oxygen atoms in total. The highest BCUT2D eigenvalue weighted by atomic mass is 19.1. The van der Waals surface area contributed by atoms with Gasteiger partial charge >= 0.3 is 0 Å². The first-order valence-corrected chi connectivity index (χ1v) is 6.90. The predicted molar refractivity (Wildman–Crippen MR) is 83.9 cm³/mol. The molecule has 0 aliphatic rings. The summed E-state index contributed by atoms with van der Waals surface area (Å²) >= 11 is 0. The van der Waals surface area contributed by atoms with E-state index in [4.69, 9.17) is 0 Å². The summed E-state index contributed by atoms with van der Waals surface area (Å²) in [5, 5.41) is 4.13. The molecule has 0 amide bonds. The molecule has 108 valence electrons. The van der Waals surface area contributed by atoms with Crippen LogP contribution in [0.4, 0.5) is 4.39 Å². The molecule has 2 aromatic heterocycles. The molecule has 0 aliphatic carbocycles. The van der Waals surface area contributed by atoms with E-state index in [9.17, 15) is 9.18 Å². The fourth-order valence-corrected chi connectivity index (χ4v) is 2.72. The third kappa shape index (κ3) is 1.75. The van der Waals surface area contributed by atoms with Crippen molar-refractivity contribution in [1.29, 1.82) is 0 Å². The van der Waals surface area contributed by atoms with Gasteiger partial charge in [0.15, 0.2) is 0 Å². The monoisotopic (exact) mass is 293 g/mol. The average Bonchev–Trinajstić information content (AvgIpc) is 2.86. The van der Waals surface area contributed by atoms with Crippen LogP contribution in [0.3, 0.4) is 0 Å². The summed E-state index contributed by atoms with van der Waals surface area (Å²) in [5.74, 6) is -0.384. The van der Waals surface area contributed by atoms with Crippen LogP contribution in [0, 0.1) is 12.7 Å². The number of hydrogen-bond donors (Lipinski definition) is 1. The lowest BCUT2D eigenvalue weighted by molar-refractivity contribution is 0.636. The Labute approximate surface area is 124 Å². The molecule has 1 N–H and O–H groups in total. The highest BCUT2D eigenvalue weighted by molar-refractivity contribution is 6.03. The molecule has 2 aromatic carbocycles. The van der Waals surface area contributed by atoms with Crippen LogP contribution >= 0.6 is 0 Å². The Morgan fingerprint density at radius 1 is 1.14 bits per heavy atom. The van der Waals surface area contributed by atoms with Crippen LogP contribution < -0.4 is 5.56 Å². The number of pyridine rings is 1. The van der Waals surface area contributed by atoms with Gasteiger partial charge in [-0.25, -0.2) is 9.07 Å². The van der Waals surface area contributed by atoms with Crippen molar-refractivity contribution in [3.8, 4) is 5.69 Å². The molecule has 0 unspecified atom stereocenters. The standard InChI is InChI=1S/C17H12FN3O/c1-10-7-12-15-13(9-19-16(12)14(18)8-10)17(22)21(20-15)11-5-3-2-4-6-11/h2-9,20H,1H3. The number of H-pyrrole nitrogens is 1. The largest absolute Gasteiger partial charge is 0.290 e. The van der Waals surface area contributed by atoms with Gasteiger partial charge < -0.3 is 0 Å². The van der Waals surface area contributed by atoms with E-state index in [1.165, 1.54) is 16.9 Å². The lowest BCUT2D eigenvalue weighted by atomic mass is 10.1. The first kappa shape index (κ1) is 12.8. The van der Waals surface area contributed by atoms with Gasteiger partial charge in [-0.05, 0) is 36.8 Å². The third-order valence-corrected chi connectivity index (χ3v) is 3.74. The van der Waals surface area contributed by atoms with Crippen molar-refractivity contribution in [3.63, 3.8) is 0 Å². The number of fused-ring (bicyclic) bond motifs is 3. The number of halogens is 1. The van der Waals surface area contributed by atoms with E-state index in [1.54, 1.807) is 0 Å². The Balaban J connectivity index is 2.14. The van der Waals surface area contributed by atoms with Crippen LogP contribution in [0.1, 0.15) is 5.56 Å². The van der Waals surface area contributed by atoms with E-state index in [2.05, 4.69) is 10.1 Å². The molecule has 0 bridgehead atoms. The first-order chi connectivity index (χ1) is 10.6. The molecule has 4 aromatic rings. The normalized spacial score (nSPS) is 11.4. The Kier molecular flexibility index (Phi) is 2.63. The number of para-hydroxylation sites is 1. The second-order valence-corrected chi connectivity index (χ2v) is 5.28.